The Hall–Kier alpha value is -0.590. The molecule has 3 nitrogen and oxygen atoms in total. The van der Waals surface area contributed by atoms with Crippen LogP contribution in [0.2, 0.25) is 0 Å². The van der Waals surface area contributed by atoms with Gasteiger partial charge in [-0.2, -0.15) is 5.26 Å². The molecule has 0 aromatic carbocycles. The summed E-state index contributed by atoms with van der Waals surface area (Å²) in [6, 6.07) is 2.04. The maximum Gasteiger partial charge on any atom is 0.103 e. The van der Waals surface area contributed by atoms with Gasteiger partial charge in [0.15, 0.2) is 0 Å². The molecule has 0 saturated heterocycles. The third-order valence-electron chi connectivity index (χ3n) is 1.64. The summed E-state index contributed by atoms with van der Waals surface area (Å²) in [7, 11) is 1.53. The minimum atomic E-state index is -0.686. The van der Waals surface area contributed by atoms with Crippen LogP contribution in [0.5, 0.6) is 0 Å². The predicted molar refractivity (Wildman–Crippen MR) is 37.3 cm³/mol. The number of methoxy groups -OCH3 is 1. The van der Waals surface area contributed by atoms with E-state index in [9.17, 15) is 0 Å². The number of hydrogen-bond donors (Lipinski definition) is 1. The lowest BCUT2D eigenvalue weighted by atomic mass is 9.89. The lowest BCUT2D eigenvalue weighted by Gasteiger charge is -2.20. The van der Waals surface area contributed by atoms with Gasteiger partial charge in [-0.25, -0.2) is 0 Å². The summed E-state index contributed by atoms with van der Waals surface area (Å²) in [5, 5.41) is 17.4. The number of aliphatic hydroxyl groups excluding tert-OH is 1. The molecule has 3 heteroatoms. The smallest absolute Gasteiger partial charge is 0.103 e. The van der Waals surface area contributed by atoms with E-state index in [1.165, 1.54) is 7.11 Å². The van der Waals surface area contributed by atoms with Gasteiger partial charge in [-0.1, -0.05) is 6.92 Å². The van der Waals surface area contributed by atoms with Crippen molar-refractivity contribution >= 4 is 0 Å². The van der Waals surface area contributed by atoms with Gasteiger partial charge in [0.05, 0.1) is 19.3 Å². The zero-order chi connectivity index (χ0) is 8.04. The molecule has 0 aromatic heterocycles. The molecule has 0 radical (unpaired) electrons. The van der Waals surface area contributed by atoms with Crippen LogP contribution < -0.4 is 0 Å². The number of hydrogen-bond acceptors (Lipinski definition) is 3. The second-order valence-corrected chi connectivity index (χ2v) is 2.34. The van der Waals surface area contributed by atoms with Gasteiger partial charge in [0, 0.05) is 7.11 Å². The van der Waals surface area contributed by atoms with Crippen molar-refractivity contribution < 1.29 is 9.84 Å². The summed E-state index contributed by atoms with van der Waals surface area (Å²) in [6.07, 6.45) is 0.619. The second-order valence-electron chi connectivity index (χ2n) is 2.34. The van der Waals surface area contributed by atoms with Gasteiger partial charge in [0.25, 0.3) is 0 Å². The Balaban J connectivity index is 4.05. The van der Waals surface area contributed by atoms with Crippen LogP contribution in [0, 0.1) is 16.7 Å². The highest BCUT2D eigenvalue weighted by molar-refractivity contribution is 4.97. The topological polar surface area (TPSA) is 53.2 Å². The Kier molecular flexibility index (Phi) is 4.01. The molecule has 0 rings (SSSR count). The summed E-state index contributed by atoms with van der Waals surface area (Å²) in [4.78, 5) is 0. The van der Waals surface area contributed by atoms with Gasteiger partial charge in [-0.15, -0.1) is 0 Å². The maximum absolute atomic E-state index is 8.81. The Morgan fingerprint density at radius 1 is 1.70 bits per heavy atom. The highest BCUT2D eigenvalue weighted by Gasteiger charge is 2.26. The SMILES string of the molecule is CCC(C#N)(CO)COC. The van der Waals surface area contributed by atoms with E-state index >= 15 is 0 Å². The van der Waals surface area contributed by atoms with Crippen LogP contribution >= 0.6 is 0 Å². The highest BCUT2D eigenvalue weighted by Crippen LogP contribution is 2.19. The zero-order valence-corrected chi connectivity index (χ0v) is 6.42. The first-order valence-electron chi connectivity index (χ1n) is 3.25. The molecule has 0 aliphatic carbocycles. The Labute approximate surface area is 61.2 Å². The Morgan fingerprint density at radius 2 is 2.30 bits per heavy atom. The first-order valence-corrected chi connectivity index (χ1v) is 3.25. The number of aliphatic hydroxyl groups is 1. The third-order valence-corrected chi connectivity index (χ3v) is 1.64. The summed E-state index contributed by atoms with van der Waals surface area (Å²) in [5.74, 6) is 0. The molecule has 0 spiro atoms. The predicted octanol–water partition coefficient (Wildman–Crippen LogP) is 0.545. The Morgan fingerprint density at radius 3 is 2.40 bits per heavy atom. The second kappa shape index (κ2) is 4.26. The van der Waals surface area contributed by atoms with Crippen molar-refractivity contribution in [1.29, 1.82) is 5.26 Å². The molecule has 1 N–H and O–H groups in total. The number of nitriles is 1. The van der Waals surface area contributed by atoms with Gasteiger partial charge in [-0.3, -0.25) is 0 Å². The molecule has 58 valence electrons. The molecular formula is C7H13NO2. The average molecular weight is 143 g/mol. The van der Waals surface area contributed by atoms with Crippen molar-refractivity contribution in [3.63, 3.8) is 0 Å². The fourth-order valence-corrected chi connectivity index (χ4v) is 0.682. The monoisotopic (exact) mass is 143 g/mol. The van der Waals surface area contributed by atoms with Crippen molar-refractivity contribution in [2.24, 2.45) is 5.41 Å². The molecule has 0 heterocycles. The van der Waals surface area contributed by atoms with E-state index in [0.29, 0.717) is 13.0 Å². The van der Waals surface area contributed by atoms with E-state index in [1.807, 2.05) is 13.0 Å². The molecule has 1 atom stereocenters. The molecule has 0 bridgehead atoms. The summed E-state index contributed by atoms with van der Waals surface area (Å²) in [5.41, 5.74) is -0.686. The van der Waals surface area contributed by atoms with Crippen LogP contribution in [0.1, 0.15) is 13.3 Å². The molecule has 0 aromatic rings. The molecule has 0 amide bonds. The summed E-state index contributed by atoms with van der Waals surface area (Å²) >= 11 is 0. The van der Waals surface area contributed by atoms with E-state index in [4.69, 9.17) is 15.1 Å². The quantitative estimate of drug-likeness (QED) is 0.625. The molecule has 10 heavy (non-hydrogen) atoms. The first-order chi connectivity index (χ1) is 4.74. The standard InChI is InChI=1S/C7H13NO2/c1-3-7(4-8,5-9)6-10-2/h9H,3,5-6H2,1-2H3. The van der Waals surface area contributed by atoms with Gasteiger partial charge in [0.2, 0.25) is 0 Å². The number of rotatable bonds is 4. The molecule has 1 unspecified atom stereocenters. The van der Waals surface area contributed by atoms with Crippen molar-refractivity contribution in [2.75, 3.05) is 20.3 Å². The fourth-order valence-electron chi connectivity index (χ4n) is 0.682. The van der Waals surface area contributed by atoms with E-state index in [2.05, 4.69) is 0 Å². The van der Waals surface area contributed by atoms with Crippen LogP contribution in [-0.4, -0.2) is 25.4 Å². The number of ether oxygens (including phenoxy) is 1. The number of nitrogens with zero attached hydrogens (tertiary/aromatic N) is 1. The van der Waals surface area contributed by atoms with E-state index < -0.39 is 5.41 Å². The minimum Gasteiger partial charge on any atom is -0.395 e. The normalized spacial score (nSPS) is 15.8. The van der Waals surface area contributed by atoms with Crippen LogP contribution in [-0.2, 0) is 4.74 Å². The highest BCUT2D eigenvalue weighted by atomic mass is 16.5. The maximum atomic E-state index is 8.81. The third kappa shape index (κ3) is 1.98. The minimum absolute atomic E-state index is 0.131. The van der Waals surface area contributed by atoms with Crippen molar-refractivity contribution in [1.82, 2.24) is 0 Å². The molecule has 0 saturated carbocycles. The lowest BCUT2D eigenvalue weighted by Crippen LogP contribution is -2.27. The average Bonchev–Trinajstić information content (AvgIpc) is 2.01. The Bertz CT molecular complexity index is 124. The van der Waals surface area contributed by atoms with Crippen molar-refractivity contribution in [3.8, 4) is 6.07 Å². The first kappa shape index (κ1) is 9.41. The van der Waals surface area contributed by atoms with Crippen molar-refractivity contribution in [2.45, 2.75) is 13.3 Å². The molecular weight excluding hydrogens is 130 g/mol. The lowest BCUT2D eigenvalue weighted by molar-refractivity contribution is 0.0651. The zero-order valence-electron chi connectivity index (χ0n) is 6.42. The molecule has 0 aliphatic heterocycles. The summed E-state index contributed by atoms with van der Waals surface area (Å²) < 4.78 is 4.80. The van der Waals surface area contributed by atoms with Crippen LogP contribution in [0.15, 0.2) is 0 Å². The van der Waals surface area contributed by atoms with Gasteiger partial charge in [0.1, 0.15) is 5.41 Å². The van der Waals surface area contributed by atoms with Gasteiger partial charge >= 0.3 is 0 Å². The largest absolute Gasteiger partial charge is 0.395 e. The van der Waals surface area contributed by atoms with Crippen LogP contribution in [0.25, 0.3) is 0 Å². The van der Waals surface area contributed by atoms with E-state index in [0.717, 1.165) is 0 Å². The van der Waals surface area contributed by atoms with E-state index in [-0.39, 0.29) is 6.61 Å². The van der Waals surface area contributed by atoms with Crippen LogP contribution in [0.4, 0.5) is 0 Å². The summed E-state index contributed by atoms with van der Waals surface area (Å²) in [6.45, 7) is 2.03. The van der Waals surface area contributed by atoms with Crippen LogP contribution in [0.3, 0.4) is 0 Å². The van der Waals surface area contributed by atoms with Gasteiger partial charge in [-0.05, 0) is 6.42 Å². The fraction of sp³-hybridized carbons (Fsp3) is 0.857. The van der Waals surface area contributed by atoms with Crippen molar-refractivity contribution in [3.05, 3.63) is 0 Å². The molecule has 0 aliphatic rings. The van der Waals surface area contributed by atoms with E-state index in [1.54, 1.807) is 0 Å². The van der Waals surface area contributed by atoms with Gasteiger partial charge < -0.3 is 9.84 Å². The molecule has 0 fully saturated rings.